The molecule has 3 nitrogen and oxygen atoms in total. The summed E-state index contributed by atoms with van der Waals surface area (Å²) in [4.78, 5) is 7.01. The van der Waals surface area contributed by atoms with Crippen LogP contribution in [-0.4, -0.2) is 30.0 Å². The normalized spacial score (nSPS) is 18.5. The van der Waals surface area contributed by atoms with Gasteiger partial charge < -0.3 is 9.32 Å². The molecule has 0 saturated carbocycles. The van der Waals surface area contributed by atoms with Gasteiger partial charge in [-0.1, -0.05) is 19.9 Å². The summed E-state index contributed by atoms with van der Waals surface area (Å²) in [6.07, 6.45) is 2.49. The molecule has 0 spiro atoms. The van der Waals surface area contributed by atoms with Gasteiger partial charge >= 0.3 is 0 Å². The van der Waals surface area contributed by atoms with Gasteiger partial charge in [-0.3, -0.25) is 0 Å². The largest absolute Gasteiger partial charge is 0.440 e. The van der Waals surface area contributed by atoms with E-state index in [0.29, 0.717) is 11.8 Å². The molecule has 102 valence electrons. The fraction of sp³-hybridized carbons (Fsp3) is 0.562. The number of nitrogens with zero attached hydrogens (tertiary/aromatic N) is 2. The fourth-order valence-electron chi connectivity index (χ4n) is 2.81. The van der Waals surface area contributed by atoms with Crippen molar-refractivity contribution in [3.63, 3.8) is 0 Å². The van der Waals surface area contributed by atoms with Crippen LogP contribution >= 0.6 is 0 Å². The van der Waals surface area contributed by atoms with Crippen molar-refractivity contribution >= 4 is 11.1 Å². The van der Waals surface area contributed by atoms with Crippen LogP contribution in [0.1, 0.15) is 50.0 Å². The van der Waals surface area contributed by atoms with E-state index >= 15 is 0 Å². The summed E-state index contributed by atoms with van der Waals surface area (Å²) in [6.45, 7) is 6.61. The van der Waals surface area contributed by atoms with E-state index in [-0.39, 0.29) is 0 Å². The van der Waals surface area contributed by atoms with Gasteiger partial charge in [-0.05, 0) is 56.6 Å². The number of hydrogen-bond donors (Lipinski definition) is 0. The molecule has 1 aliphatic heterocycles. The second-order valence-electron chi connectivity index (χ2n) is 6.01. The van der Waals surface area contributed by atoms with Crippen LogP contribution in [0.3, 0.4) is 0 Å². The Morgan fingerprint density at radius 2 is 2.00 bits per heavy atom. The third-order valence-corrected chi connectivity index (χ3v) is 4.11. The summed E-state index contributed by atoms with van der Waals surface area (Å²) in [5.74, 6) is 1.87. The van der Waals surface area contributed by atoms with Crippen LogP contribution in [0.4, 0.5) is 0 Å². The summed E-state index contributed by atoms with van der Waals surface area (Å²) in [5, 5.41) is 0. The van der Waals surface area contributed by atoms with Crippen molar-refractivity contribution in [2.45, 2.75) is 38.5 Å². The zero-order valence-corrected chi connectivity index (χ0v) is 12.0. The lowest BCUT2D eigenvalue weighted by Crippen LogP contribution is -2.29. The van der Waals surface area contributed by atoms with Gasteiger partial charge in [0.2, 0.25) is 0 Å². The molecule has 2 aromatic rings. The zero-order chi connectivity index (χ0) is 13.4. The quantitative estimate of drug-likeness (QED) is 0.821. The summed E-state index contributed by atoms with van der Waals surface area (Å²) in [7, 11) is 2.20. The predicted octanol–water partition coefficient (Wildman–Crippen LogP) is 3.76. The number of fused-ring (bicyclic) bond motifs is 1. The number of aromatic nitrogens is 1. The van der Waals surface area contributed by atoms with E-state index < -0.39 is 0 Å². The van der Waals surface area contributed by atoms with Crippen LogP contribution in [0.25, 0.3) is 11.1 Å². The number of hydrogen-bond acceptors (Lipinski definition) is 3. The topological polar surface area (TPSA) is 29.3 Å². The van der Waals surface area contributed by atoms with Crippen LogP contribution in [0.5, 0.6) is 0 Å². The zero-order valence-electron chi connectivity index (χ0n) is 12.0. The van der Waals surface area contributed by atoms with Gasteiger partial charge in [0.1, 0.15) is 5.52 Å². The minimum absolute atomic E-state index is 0.346. The van der Waals surface area contributed by atoms with Gasteiger partial charge in [-0.15, -0.1) is 0 Å². The van der Waals surface area contributed by atoms with Crippen LogP contribution < -0.4 is 0 Å². The highest BCUT2D eigenvalue weighted by Gasteiger charge is 2.19. The van der Waals surface area contributed by atoms with Crippen molar-refractivity contribution in [1.29, 1.82) is 0 Å². The van der Waals surface area contributed by atoms with Gasteiger partial charge in [-0.25, -0.2) is 4.98 Å². The third-order valence-electron chi connectivity index (χ3n) is 4.11. The van der Waals surface area contributed by atoms with Crippen LogP contribution in [0.15, 0.2) is 22.6 Å². The summed E-state index contributed by atoms with van der Waals surface area (Å²) < 4.78 is 5.77. The standard InChI is InChI=1S/C16H22N2O/c1-11(2)16-17-14-10-13(4-5-15(14)19-16)12-6-8-18(3)9-7-12/h4-5,10-12H,6-9H2,1-3H3. The van der Waals surface area contributed by atoms with Crippen molar-refractivity contribution in [3.05, 3.63) is 29.7 Å². The molecule has 1 aromatic carbocycles. The third kappa shape index (κ3) is 2.52. The molecule has 19 heavy (non-hydrogen) atoms. The molecule has 1 aliphatic rings. The fourth-order valence-corrected chi connectivity index (χ4v) is 2.81. The SMILES string of the molecule is CC(C)c1nc2cc(C3CCN(C)CC3)ccc2o1. The first-order valence-electron chi connectivity index (χ1n) is 7.22. The van der Waals surface area contributed by atoms with Crippen LogP contribution in [-0.2, 0) is 0 Å². The Morgan fingerprint density at radius 1 is 1.26 bits per heavy atom. The van der Waals surface area contributed by atoms with Crippen molar-refractivity contribution in [3.8, 4) is 0 Å². The Morgan fingerprint density at radius 3 is 2.68 bits per heavy atom. The van der Waals surface area contributed by atoms with Crippen molar-refractivity contribution in [2.75, 3.05) is 20.1 Å². The first-order valence-corrected chi connectivity index (χ1v) is 7.22. The first kappa shape index (κ1) is 12.7. The summed E-state index contributed by atoms with van der Waals surface area (Å²) in [5.41, 5.74) is 3.35. The number of benzene rings is 1. The molecule has 0 unspecified atom stereocenters. The van der Waals surface area contributed by atoms with E-state index in [1.807, 2.05) is 0 Å². The number of oxazole rings is 1. The average Bonchev–Trinajstić information content (AvgIpc) is 2.82. The van der Waals surface area contributed by atoms with Crippen molar-refractivity contribution < 1.29 is 4.42 Å². The van der Waals surface area contributed by atoms with E-state index in [9.17, 15) is 0 Å². The number of piperidine rings is 1. The molecular weight excluding hydrogens is 236 g/mol. The molecule has 0 radical (unpaired) electrons. The smallest absolute Gasteiger partial charge is 0.198 e. The lowest BCUT2D eigenvalue weighted by Gasteiger charge is -2.29. The maximum Gasteiger partial charge on any atom is 0.198 e. The van der Waals surface area contributed by atoms with Gasteiger partial charge in [-0.2, -0.15) is 0 Å². The maximum atomic E-state index is 5.77. The van der Waals surface area contributed by atoms with Crippen molar-refractivity contribution in [1.82, 2.24) is 9.88 Å². The molecule has 0 aliphatic carbocycles. The minimum atomic E-state index is 0.346. The molecule has 2 heterocycles. The van der Waals surface area contributed by atoms with Gasteiger partial charge in [0.05, 0.1) is 0 Å². The van der Waals surface area contributed by atoms with Crippen LogP contribution in [0.2, 0.25) is 0 Å². The van der Waals surface area contributed by atoms with Gasteiger partial charge in [0, 0.05) is 5.92 Å². The lowest BCUT2D eigenvalue weighted by atomic mass is 9.89. The molecule has 0 bridgehead atoms. The van der Waals surface area contributed by atoms with E-state index in [2.05, 4.69) is 49.0 Å². The Labute approximate surface area is 114 Å². The Kier molecular flexibility index (Phi) is 3.31. The molecule has 0 amide bonds. The molecular formula is C16H22N2O. The molecule has 3 rings (SSSR count). The Balaban J connectivity index is 1.88. The van der Waals surface area contributed by atoms with E-state index in [4.69, 9.17) is 4.42 Å². The van der Waals surface area contributed by atoms with E-state index in [1.54, 1.807) is 0 Å². The Bertz CT molecular complexity index is 565. The first-order chi connectivity index (χ1) is 9.13. The molecule has 1 fully saturated rings. The van der Waals surface area contributed by atoms with Gasteiger partial charge in [0.25, 0.3) is 0 Å². The average molecular weight is 258 g/mol. The molecule has 0 atom stereocenters. The number of rotatable bonds is 2. The van der Waals surface area contributed by atoms with E-state index in [0.717, 1.165) is 17.0 Å². The highest BCUT2D eigenvalue weighted by Crippen LogP contribution is 2.30. The lowest BCUT2D eigenvalue weighted by molar-refractivity contribution is 0.255. The molecule has 1 aromatic heterocycles. The minimum Gasteiger partial charge on any atom is -0.440 e. The predicted molar refractivity (Wildman–Crippen MR) is 77.6 cm³/mol. The maximum absolute atomic E-state index is 5.77. The second-order valence-corrected chi connectivity index (χ2v) is 6.01. The van der Waals surface area contributed by atoms with E-state index in [1.165, 1.54) is 31.5 Å². The van der Waals surface area contributed by atoms with Gasteiger partial charge in [0.15, 0.2) is 11.5 Å². The summed E-state index contributed by atoms with van der Waals surface area (Å²) in [6, 6.07) is 6.52. The molecule has 3 heteroatoms. The monoisotopic (exact) mass is 258 g/mol. The summed E-state index contributed by atoms with van der Waals surface area (Å²) >= 11 is 0. The van der Waals surface area contributed by atoms with Crippen molar-refractivity contribution in [2.24, 2.45) is 0 Å². The number of likely N-dealkylation sites (tertiary alicyclic amines) is 1. The molecule has 1 saturated heterocycles. The molecule has 0 N–H and O–H groups in total. The highest BCUT2D eigenvalue weighted by atomic mass is 16.3. The second kappa shape index (κ2) is 4.97. The van der Waals surface area contributed by atoms with Crippen LogP contribution in [0, 0.1) is 0 Å². The Hall–Kier alpha value is -1.35. The highest BCUT2D eigenvalue weighted by molar-refractivity contribution is 5.73.